The summed E-state index contributed by atoms with van der Waals surface area (Å²) in [6.45, 7) is 0. The molecule has 0 aliphatic heterocycles. The Kier molecular flexibility index (Phi) is 5.06. The van der Waals surface area contributed by atoms with Crippen molar-refractivity contribution in [3.05, 3.63) is 54.1 Å². The largest absolute Gasteiger partial charge is 0.397 e. The van der Waals surface area contributed by atoms with Gasteiger partial charge in [0.15, 0.2) is 0 Å². The minimum absolute atomic E-state index is 0.0217. The van der Waals surface area contributed by atoms with E-state index in [9.17, 15) is 13.2 Å². The van der Waals surface area contributed by atoms with Gasteiger partial charge in [-0.1, -0.05) is 31.0 Å². The van der Waals surface area contributed by atoms with Crippen LogP contribution in [0.3, 0.4) is 0 Å². The molecule has 0 heterocycles. The van der Waals surface area contributed by atoms with E-state index in [-0.39, 0.29) is 16.5 Å². The van der Waals surface area contributed by atoms with Crippen LogP contribution in [-0.2, 0) is 10.0 Å². The Morgan fingerprint density at radius 1 is 1.04 bits per heavy atom. The Morgan fingerprint density at radius 2 is 1.76 bits per heavy atom. The number of carbonyl (C=O) groups is 1. The molecule has 1 amide bonds. The Hall–Kier alpha value is -2.38. The summed E-state index contributed by atoms with van der Waals surface area (Å²) >= 11 is 0. The van der Waals surface area contributed by atoms with Crippen LogP contribution in [0, 0.1) is 0 Å². The maximum absolute atomic E-state index is 12.5. The Bertz CT molecular complexity index is 875. The maximum Gasteiger partial charge on any atom is 0.255 e. The highest BCUT2D eigenvalue weighted by Gasteiger charge is 2.23. The van der Waals surface area contributed by atoms with E-state index in [1.807, 2.05) is 0 Å². The molecule has 4 N–H and O–H groups in total. The van der Waals surface area contributed by atoms with Crippen molar-refractivity contribution in [1.82, 2.24) is 4.72 Å². The van der Waals surface area contributed by atoms with Gasteiger partial charge in [-0.15, -0.1) is 0 Å². The molecule has 0 spiro atoms. The van der Waals surface area contributed by atoms with Gasteiger partial charge in [-0.2, -0.15) is 0 Å². The monoisotopic (exact) mass is 359 g/mol. The van der Waals surface area contributed by atoms with Crippen LogP contribution in [-0.4, -0.2) is 20.4 Å². The third-order valence-corrected chi connectivity index (χ3v) is 5.81. The standard InChI is InChI=1S/C18H21N3O3S/c19-16-10-3-4-11-17(16)20-18(22)13-6-5-9-15(12-13)25(23,24)21-14-7-1-2-8-14/h3-6,9-12,14,21H,1-2,7-8,19H2,(H,20,22). The lowest BCUT2D eigenvalue weighted by Crippen LogP contribution is -2.32. The maximum atomic E-state index is 12.5. The Labute approximate surface area is 147 Å². The van der Waals surface area contributed by atoms with E-state index in [1.165, 1.54) is 12.1 Å². The SMILES string of the molecule is Nc1ccccc1NC(=O)c1cccc(S(=O)(=O)NC2CCCC2)c1. The molecule has 1 fully saturated rings. The van der Waals surface area contributed by atoms with Crippen LogP contribution >= 0.6 is 0 Å². The van der Waals surface area contributed by atoms with E-state index < -0.39 is 15.9 Å². The molecule has 1 saturated carbocycles. The van der Waals surface area contributed by atoms with Gasteiger partial charge in [0.05, 0.1) is 16.3 Å². The van der Waals surface area contributed by atoms with Gasteiger partial charge in [-0.05, 0) is 43.2 Å². The lowest BCUT2D eigenvalue weighted by Gasteiger charge is -2.13. The minimum Gasteiger partial charge on any atom is -0.397 e. The predicted molar refractivity (Wildman–Crippen MR) is 97.8 cm³/mol. The zero-order chi connectivity index (χ0) is 17.9. The van der Waals surface area contributed by atoms with Gasteiger partial charge in [0.25, 0.3) is 5.91 Å². The van der Waals surface area contributed by atoms with E-state index in [0.717, 1.165) is 25.7 Å². The summed E-state index contributed by atoms with van der Waals surface area (Å²) in [5, 5.41) is 2.70. The molecule has 2 aromatic carbocycles. The number of hydrogen-bond acceptors (Lipinski definition) is 4. The molecule has 0 radical (unpaired) electrons. The highest BCUT2D eigenvalue weighted by Crippen LogP contribution is 2.22. The number of nitrogens with two attached hydrogens (primary N) is 1. The van der Waals surface area contributed by atoms with Crippen molar-refractivity contribution >= 4 is 27.3 Å². The number of benzene rings is 2. The van der Waals surface area contributed by atoms with E-state index in [4.69, 9.17) is 5.73 Å². The number of carbonyl (C=O) groups excluding carboxylic acids is 1. The second kappa shape index (κ2) is 7.25. The molecule has 6 nitrogen and oxygen atoms in total. The first-order valence-electron chi connectivity index (χ1n) is 8.24. The number of nitrogen functional groups attached to an aromatic ring is 1. The van der Waals surface area contributed by atoms with Crippen LogP contribution in [0.25, 0.3) is 0 Å². The van der Waals surface area contributed by atoms with Crippen molar-refractivity contribution in [3.8, 4) is 0 Å². The summed E-state index contributed by atoms with van der Waals surface area (Å²) in [4.78, 5) is 12.5. The molecule has 3 rings (SSSR count). The van der Waals surface area contributed by atoms with E-state index >= 15 is 0 Å². The molecule has 1 aliphatic rings. The molecule has 1 aliphatic carbocycles. The van der Waals surface area contributed by atoms with Crippen LogP contribution < -0.4 is 15.8 Å². The summed E-state index contributed by atoms with van der Waals surface area (Å²) in [5.41, 5.74) is 7.02. The molecule has 25 heavy (non-hydrogen) atoms. The van der Waals surface area contributed by atoms with Gasteiger partial charge in [0, 0.05) is 11.6 Å². The summed E-state index contributed by atoms with van der Waals surface area (Å²) < 4.78 is 27.7. The summed E-state index contributed by atoms with van der Waals surface area (Å²) in [5.74, 6) is -0.407. The fraction of sp³-hybridized carbons (Fsp3) is 0.278. The highest BCUT2D eigenvalue weighted by molar-refractivity contribution is 7.89. The zero-order valence-corrected chi connectivity index (χ0v) is 14.6. The molecule has 0 bridgehead atoms. The Morgan fingerprint density at radius 3 is 2.48 bits per heavy atom. The lowest BCUT2D eigenvalue weighted by molar-refractivity contribution is 0.102. The van der Waals surface area contributed by atoms with Gasteiger partial charge in [-0.3, -0.25) is 4.79 Å². The third-order valence-electron chi connectivity index (χ3n) is 4.29. The van der Waals surface area contributed by atoms with Gasteiger partial charge < -0.3 is 11.1 Å². The van der Waals surface area contributed by atoms with Crippen molar-refractivity contribution < 1.29 is 13.2 Å². The first-order chi connectivity index (χ1) is 12.0. The molecule has 2 aromatic rings. The lowest BCUT2D eigenvalue weighted by atomic mass is 10.2. The highest BCUT2D eigenvalue weighted by atomic mass is 32.2. The number of para-hydroxylation sites is 2. The number of amides is 1. The van der Waals surface area contributed by atoms with Crippen molar-refractivity contribution in [1.29, 1.82) is 0 Å². The second-order valence-electron chi connectivity index (χ2n) is 6.17. The first-order valence-corrected chi connectivity index (χ1v) is 9.72. The fourth-order valence-corrected chi connectivity index (χ4v) is 4.29. The van der Waals surface area contributed by atoms with Crippen LogP contribution in [0.1, 0.15) is 36.0 Å². The number of anilines is 2. The quantitative estimate of drug-likeness (QED) is 0.715. The Balaban J connectivity index is 1.78. The average Bonchev–Trinajstić information content (AvgIpc) is 3.09. The van der Waals surface area contributed by atoms with Gasteiger partial charge in [0.2, 0.25) is 10.0 Å². The summed E-state index contributed by atoms with van der Waals surface area (Å²) in [6, 6.07) is 12.9. The molecule has 0 aromatic heterocycles. The molecule has 0 unspecified atom stereocenters. The van der Waals surface area contributed by atoms with Crippen molar-refractivity contribution in [2.75, 3.05) is 11.1 Å². The van der Waals surface area contributed by atoms with Crippen molar-refractivity contribution in [2.24, 2.45) is 0 Å². The van der Waals surface area contributed by atoms with Crippen LogP contribution in [0.2, 0.25) is 0 Å². The fourth-order valence-electron chi connectivity index (χ4n) is 2.94. The number of rotatable bonds is 5. The topological polar surface area (TPSA) is 101 Å². The number of hydrogen-bond donors (Lipinski definition) is 3. The second-order valence-corrected chi connectivity index (χ2v) is 7.89. The van der Waals surface area contributed by atoms with Crippen molar-refractivity contribution in [3.63, 3.8) is 0 Å². The van der Waals surface area contributed by atoms with Gasteiger partial charge in [0.1, 0.15) is 0 Å². The van der Waals surface area contributed by atoms with Gasteiger partial charge in [-0.25, -0.2) is 13.1 Å². The summed E-state index contributed by atoms with van der Waals surface area (Å²) in [6.07, 6.45) is 3.78. The van der Waals surface area contributed by atoms with E-state index in [1.54, 1.807) is 36.4 Å². The van der Waals surface area contributed by atoms with Crippen LogP contribution in [0.4, 0.5) is 11.4 Å². The zero-order valence-electron chi connectivity index (χ0n) is 13.7. The molecular formula is C18H21N3O3S. The number of nitrogens with one attached hydrogen (secondary N) is 2. The number of sulfonamides is 1. The minimum atomic E-state index is -3.64. The van der Waals surface area contributed by atoms with Crippen molar-refractivity contribution in [2.45, 2.75) is 36.6 Å². The normalized spacial score (nSPS) is 15.2. The molecule has 132 valence electrons. The predicted octanol–water partition coefficient (Wildman–Crippen LogP) is 2.74. The van der Waals surface area contributed by atoms with E-state index in [2.05, 4.69) is 10.0 Å². The molecule has 0 saturated heterocycles. The third kappa shape index (κ3) is 4.18. The van der Waals surface area contributed by atoms with Crippen LogP contribution in [0.15, 0.2) is 53.4 Å². The molecule has 0 atom stereocenters. The van der Waals surface area contributed by atoms with Gasteiger partial charge >= 0.3 is 0 Å². The molecular weight excluding hydrogens is 338 g/mol. The summed E-state index contributed by atoms with van der Waals surface area (Å²) in [7, 11) is -3.64. The molecule has 7 heteroatoms. The average molecular weight is 359 g/mol. The smallest absolute Gasteiger partial charge is 0.255 e. The van der Waals surface area contributed by atoms with Crippen LogP contribution in [0.5, 0.6) is 0 Å². The van der Waals surface area contributed by atoms with E-state index in [0.29, 0.717) is 11.4 Å². The first kappa shape index (κ1) is 17.4.